The number of hydrogen-bond acceptors (Lipinski definition) is 2. The van der Waals surface area contributed by atoms with Gasteiger partial charge in [-0.3, -0.25) is 4.72 Å². The molecule has 1 heterocycles. The third-order valence-electron chi connectivity index (χ3n) is 2.94. The van der Waals surface area contributed by atoms with Crippen LogP contribution in [0.4, 0.5) is 0 Å². The number of guanidine groups is 1. The molecule has 1 aromatic carbocycles. The summed E-state index contributed by atoms with van der Waals surface area (Å²) in [5, 5.41) is 2.43. The monoisotopic (exact) mass is 276 g/mol. The van der Waals surface area contributed by atoms with Crippen molar-refractivity contribution < 1.29 is 0 Å². The summed E-state index contributed by atoms with van der Waals surface area (Å²) in [5.74, 6) is 0.463. The lowest BCUT2D eigenvalue weighted by atomic mass is 10.2. The predicted molar refractivity (Wildman–Crippen MR) is 83.4 cm³/mol. The topological polar surface area (TPSA) is 55.3 Å². The van der Waals surface area contributed by atoms with Gasteiger partial charge in [0, 0.05) is 35.9 Å². The smallest absolute Gasteiger partial charge is 0.199 e. The van der Waals surface area contributed by atoms with Crippen LogP contribution in [0, 0.1) is 6.92 Å². The van der Waals surface area contributed by atoms with Crippen LogP contribution in [0.15, 0.2) is 34.3 Å². The molecule has 0 unspecified atom stereocenters. The van der Waals surface area contributed by atoms with Gasteiger partial charge in [-0.05, 0) is 32.4 Å². The Labute approximate surface area is 118 Å². The minimum absolute atomic E-state index is 0.196. The second-order valence-electron chi connectivity index (χ2n) is 4.82. The first kappa shape index (κ1) is 13.8. The largest absolute Gasteiger partial charge is 0.369 e. The highest BCUT2D eigenvalue weighted by Gasteiger charge is 2.11. The van der Waals surface area contributed by atoms with Crippen LogP contribution >= 0.6 is 11.9 Å². The molecule has 102 valence electrons. The maximum absolute atomic E-state index is 5.83. The molecule has 19 heavy (non-hydrogen) atoms. The summed E-state index contributed by atoms with van der Waals surface area (Å²) in [7, 11) is 2.06. The van der Waals surface area contributed by atoms with Crippen molar-refractivity contribution in [3.63, 3.8) is 0 Å². The van der Waals surface area contributed by atoms with Crippen LogP contribution in [0.2, 0.25) is 0 Å². The first-order valence-corrected chi connectivity index (χ1v) is 7.12. The molecule has 0 aliphatic carbocycles. The summed E-state index contributed by atoms with van der Waals surface area (Å²) in [6.07, 6.45) is 0. The van der Waals surface area contributed by atoms with Crippen LogP contribution in [0.25, 0.3) is 10.9 Å². The van der Waals surface area contributed by atoms with Gasteiger partial charge in [0.15, 0.2) is 5.96 Å². The number of aryl methyl sites for hydroxylation is 2. The van der Waals surface area contributed by atoms with E-state index in [1.54, 1.807) is 0 Å². The molecule has 0 saturated carbocycles. The van der Waals surface area contributed by atoms with E-state index in [4.69, 9.17) is 5.73 Å². The van der Waals surface area contributed by atoms with Gasteiger partial charge in [0.25, 0.3) is 0 Å². The Bertz CT molecular complexity index is 574. The molecule has 1 aromatic heterocycles. The van der Waals surface area contributed by atoms with Crippen LogP contribution < -0.4 is 10.5 Å². The number of nitrogens with zero attached hydrogens (tertiary/aromatic N) is 2. The van der Waals surface area contributed by atoms with E-state index in [1.165, 1.54) is 28.4 Å². The van der Waals surface area contributed by atoms with Crippen LogP contribution in [0.5, 0.6) is 0 Å². The molecule has 5 heteroatoms. The van der Waals surface area contributed by atoms with Gasteiger partial charge in [0.05, 0.1) is 5.03 Å². The zero-order valence-electron chi connectivity index (χ0n) is 11.8. The summed E-state index contributed by atoms with van der Waals surface area (Å²) >= 11 is 1.51. The van der Waals surface area contributed by atoms with E-state index < -0.39 is 0 Å². The van der Waals surface area contributed by atoms with Crippen molar-refractivity contribution in [2.45, 2.75) is 31.8 Å². The van der Waals surface area contributed by atoms with E-state index in [2.05, 4.69) is 52.5 Å². The molecule has 0 radical (unpaired) electrons. The fourth-order valence-corrected chi connectivity index (χ4v) is 2.86. The summed E-state index contributed by atoms with van der Waals surface area (Å²) in [4.78, 5) is 4.26. The van der Waals surface area contributed by atoms with Gasteiger partial charge in [-0.2, -0.15) is 0 Å². The number of rotatable bonds is 3. The zero-order valence-corrected chi connectivity index (χ0v) is 12.6. The molecule has 4 nitrogen and oxygen atoms in total. The molecule has 0 atom stereocenters. The lowest BCUT2D eigenvalue weighted by Crippen LogP contribution is -2.27. The number of fused-ring (bicyclic) bond motifs is 1. The Balaban J connectivity index is 2.26. The molecule has 0 bridgehead atoms. The second kappa shape index (κ2) is 5.57. The molecule has 0 aliphatic heterocycles. The number of hydrogen-bond donors (Lipinski definition) is 2. The van der Waals surface area contributed by atoms with E-state index >= 15 is 0 Å². The molecule has 0 amide bonds. The Hall–Kier alpha value is -1.62. The van der Waals surface area contributed by atoms with Crippen molar-refractivity contribution >= 4 is 28.8 Å². The van der Waals surface area contributed by atoms with Gasteiger partial charge in [0.1, 0.15) is 0 Å². The minimum Gasteiger partial charge on any atom is -0.369 e. The number of benzene rings is 1. The van der Waals surface area contributed by atoms with Crippen LogP contribution in [-0.2, 0) is 7.05 Å². The van der Waals surface area contributed by atoms with Gasteiger partial charge in [-0.1, -0.05) is 18.2 Å². The van der Waals surface area contributed by atoms with Crippen molar-refractivity contribution in [3.8, 4) is 0 Å². The normalized spacial score (nSPS) is 12.4. The fourth-order valence-electron chi connectivity index (χ4n) is 2.11. The molecule has 0 saturated heterocycles. The van der Waals surface area contributed by atoms with Crippen LogP contribution in [-0.4, -0.2) is 16.6 Å². The van der Waals surface area contributed by atoms with E-state index in [1.807, 2.05) is 13.8 Å². The number of aliphatic imine (C=N–C) groups is 1. The highest BCUT2D eigenvalue weighted by molar-refractivity contribution is 7.98. The van der Waals surface area contributed by atoms with Gasteiger partial charge in [-0.25, -0.2) is 4.99 Å². The molecule has 2 aromatic rings. The minimum atomic E-state index is 0.196. The third-order valence-corrected chi connectivity index (χ3v) is 4.03. The summed E-state index contributed by atoms with van der Waals surface area (Å²) in [5.41, 5.74) is 8.31. The Morgan fingerprint density at radius 3 is 2.68 bits per heavy atom. The summed E-state index contributed by atoms with van der Waals surface area (Å²) < 4.78 is 5.27. The van der Waals surface area contributed by atoms with E-state index in [0.29, 0.717) is 5.96 Å². The van der Waals surface area contributed by atoms with Gasteiger partial charge >= 0.3 is 0 Å². The second-order valence-corrected chi connectivity index (χ2v) is 5.61. The maximum Gasteiger partial charge on any atom is 0.199 e. The van der Waals surface area contributed by atoms with Crippen molar-refractivity contribution in [2.75, 3.05) is 0 Å². The average Bonchev–Trinajstić information content (AvgIpc) is 2.60. The first-order chi connectivity index (χ1) is 9.00. The van der Waals surface area contributed by atoms with E-state index in [9.17, 15) is 0 Å². The average molecular weight is 276 g/mol. The SMILES string of the molecule is Cc1c(SNC(N)=NC(C)C)n(C)c2ccccc12. The van der Waals surface area contributed by atoms with Crippen molar-refractivity contribution in [2.24, 2.45) is 17.8 Å². The quantitative estimate of drug-likeness (QED) is 0.515. The summed E-state index contributed by atoms with van der Waals surface area (Å²) in [6, 6.07) is 8.57. The van der Waals surface area contributed by atoms with Gasteiger partial charge < -0.3 is 10.3 Å². The highest BCUT2D eigenvalue weighted by Crippen LogP contribution is 2.29. The maximum atomic E-state index is 5.83. The fraction of sp³-hybridized carbons (Fsp3) is 0.357. The van der Waals surface area contributed by atoms with Crippen molar-refractivity contribution in [1.82, 2.24) is 9.29 Å². The standard InChI is InChI=1S/C14H20N4S/c1-9(2)16-14(15)17-19-13-10(3)11-7-5-6-8-12(11)18(13)4/h5-9H,1-4H3,(H3,15,16,17). The van der Waals surface area contributed by atoms with Gasteiger partial charge in [-0.15, -0.1) is 0 Å². The Morgan fingerprint density at radius 2 is 2.05 bits per heavy atom. The number of aromatic nitrogens is 1. The highest BCUT2D eigenvalue weighted by atomic mass is 32.2. The van der Waals surface area contributed by atoms with Gasteiger partial charge in [0.2, 0.25) is 0 Å². The molecule has 2 rings (SSSR count). The number of nitrogens with two attached hydrogens (primary N) is 1. The number of nitrogens with one attached hydrogen (secondary N) is 1. The first-order valence-electron chi connectivity index (χ1n) is 6.31. The molecule has 3 N–H and O–H groups in total. The predicted octanol–water partition coefficient (Wildman–Crippen LogP) is 2.81. The molecular weight excluding hydrogens is 256 g/mol. The number of para-hydroxylation sites is 1. The zero-order chi connectivity index (χ0) is 14.0. The van der Waals surface area contributed by atoms with Crippen LogP contribution in [0.3, 0.4) is 0 Å². The van der Waals surface area contributed by atoms with Crippen molar-refractivity contribution in [3.05, 3.63) is 29.8 Å². The lowest BCUT2D eigenvalue weighted by Gasteiger charge is -2.08. The van der Waals surface area contributed by atoms with E-state index in [-0.39, 0.29) is 6.04 Å². The lowest BCUT2D eigenvalue weighted by molar-refractivity contribution is 0.827. The molecule has 0 aliphatic rings. The Kier molecular flexibility index (Phi) is 4.04. The molecule has 0 spiro atoms. The Morgan fingerprint density at radius 1 is 1.37 bits per heavy atom. The van der Waals surface area contributed by atoms with Crippen LogP contribution in [0.1, 0.15) is 19.4 Å². The molecular formula is C14H20N4S. The van der Waals surface area contributed by atoms with Crippen molar-refractivity contribution in [1.29, 1.82) is 0 Å². The van der Waals surface area contributed by atoms with E-state index in [0.717, 1.165) is 5.03 Å². The molecule has 0 fully saturated rings. The third kappa shape index (κ3) is 2.87. The summed E-state index contributed by atoms with van der Waals surface area (Å²) in [6.45, 7) is 6.13.